The van der Waals surface area contributed by atoms with Crippen molar-refractivity contribution in [2.75, 3.05) is 17.3 Å². The Morgan fingerprint density at radius 2 is 2.20 bits per heavy atom. The lowest BCUT2D eigenvalue weighted by atomic mass is 10.1. The van der Waals surface area contributed by atoms with E-state index >= 15 is 0 Å². The lowest BCUT2D eigenvalue weighted by Gasteiger charge is -2.20. The van der Waals surface area contributed by atoms with E-state index < -0.39 is 0 Å². The number of aryl methyl sites for hydroxylation is 1. The van der Waals surface area contributed by atoms with Crippen molar-refractivity contribution in [2.45, 2.75) is 6.92 Å². The van der Waals surface area contributed by atoms with Crippen molar-refractivity contribution in [1.82, 2.24) is 4.98 Å². The molecule has 0 unspecified atom stereocenters. The number of carbonyl (C=O) groups excluding carboxylic acids is 1. The van der Waals surface area contributed by atoms with E-state index in [4.69, 9.17) is 5.73 Å². The number of carbonyl (C=O) groups is 1. The van der Waals surface area contributed by atoms with Crippen LogP contribution < -0.4 is 16.0 Å². The third kappa shape index (κ3) is 4.32. The van der Waals surface area contributed by atoms with Crippen molar-refractivity contribution < 1.29 is 4.79 Å². The Labute approximate surface area is 147 Å². The highest BCUT2D eigenvalue weighted by Crippen LogP contribution is 2.26. The van der Waals surface area contributed by atoms with Crippen LogP contribution in [0.4, 0.5) is 11.4 Å². The summed E-state index contributed by atoms with van der Waals surface area (Å²) in [6, 6.07) is 9.39. The first kappa shape index (κ1) is 17.9. The van der Waals surface area contributed by atoms with Gasteiger partial charge in [-0.25, -0.2) is 4.99 Å². The van der Waals surface area contributed by atoms with Crippen molar-refractivity contribution in [1.29, 1.82) is 0 Å². The second kappa shape index (κ2) is 8.44. The highest BCUT2D eigenvalue weighted by molar-refractivity contribution is 6.09. The number of hydrogen-bond donors (Lipinski definition) is 2. The molecule has 6 heteroatoms. The van der Waals surface area contributed by atoms with E-state index in [1.165, 1.54) is 11.1 Å². The molecule has 1 amide bonds. The summed E-state index contributed by atoms with van der Waals surface area (Å²) in [4.78, 5) is 21.6. The van der Waals surface area contributed by atoms with E-state index in [1.807, 2.05) is 38.2 Å². The van der Waals surface area contributed by atoms with Gasteiger partial charge in [0.2, 0.25) is 6.41 Å². The van der Waals surface area contributed by atoms with Gasteiger partial charge in [0.05, 0.1) is 11.4 Å². The molecule has 3 N–H and O–H groups in total. The Balaban J connectivity index is 2.43. The third-order valence-electron chi connectivity index (χ3n) is 3.60. The zero-order chi connectivity index (χ0) is 18.2. The summed E-state index contributed by atoms with van der Waals surface area (Å²) in [5, 5.41) is 3.06. The number of nitrogens with zero attached hydrogens (tertiary/aromatic N) is 3. The number of anilines is 2. The quantitative estimate of drug-likeness (QED) is 0.602. The standard InChI is InChI=1S/C19H21N5O/c1-14-6-7-17(21-3)11-19(14)24(13-25)15(2)23-18(8-9-20)16-5-4-10-22-12-16/h4-13,21H,2,20H2,1,3H3/b9-8-,23-18+. The van der Waals surface area contributed by atoms with Crippen LogP contribution in [0.15, 0.2) is 72.4 Å². The minimum Gasteiger partial charge on any atom is -0.405 e. The molecule has 0 saturated heterocycles. The minimum absolute atomic E-state index is 0.281. The van der Waals surface area contributed by atoms with Gasteiger partial charge in [-0.15, -0.1) is 0 Å². The lowest BCUT2D eigenvalue weighted by molar-refractivity contribution is -0.107. The van der Waals surface area contributed by atoms with E-state index in [9.17, 15) is 4.79 Å². The van der Waals surface area contributed by atoms with Gasteiger partial charge >= 0.3 is 0 Å². The third-order valence-corrected chi connectivity index (χ3v) is 3.60. The van der Waals surface area contributed by atoms with Gasteiger partial charge in [-0.2, -0.15) is 0 Å². The molecule has 1 aromatic carbocycles. The molecule has 25 heavy (non-hydrogen) atoms. The fraction of sp³-hybridized carbons (Fsp3) is 0.105. The molecule has 0 spiro atoms. The molecule has 1 aromatic heterocycles. The van der Waals surface area contributed by atoms with Gasteiger partial charge in [0, 0.05) is 30.7 Å². The first-order valence-electron chi connectivity index (χ1n) is 7.70. The van der Waals surface area contributed by atoms with Crippen molar-refractivity contribution in [3.8, 4) is 0 Å². The number of aromatic nitrogens is 1. The van der Waals surface area contributed by atoms with Crippen LogP contribution in [-0.4, -0.2) is 24.2 Å². The fourth-order valence-corrected chi connectivity index (χ4v) is 2.28. The van der Waals surface area contributed by atoms with Crippen LogP contribution in [0, 0.1) is 6.92 Å². The first-order valence-corrected chi connectivity index (χ1v) is 7.70. The number of pyridine rings is 1. The fourth-order valence-electron chi connectivity index (χ4n) is 2.28. The Bertz CT molecular complexity index is 812. The monoisotopic (exact) mass is 335 g/mol. The topological polar surface area (TPSA) is 83.6 Å². The number of allylic oxidation sites excluding steroid dienone is 1. The maximum absolute atomic E-state index is 11.7. The highest BCUT2D eigenvalue weighted by Gasteiger charge is 2.13. The Morgan fingerprint density at radius 1 is 1.40 bits per heavy atom. The van der Waals surface area contributed by atoms with Gasteiger partial charge in [-0.1, -0.05) is 12.6 Å². The average molecular weight is 335 g/mol. The molecule has 128 valence electrons. The van der Waals surface area contributed by atoms with Crippen LogP contribution in [0.5, 0.6) is 0 Å². The molecule has 0 bridgehead atoms. The van der Waals surface area contributed by atoms with E-state index in [-0.39, 0.29) is 5.82 Å². The van der Waals surface area contributed by atoms with Gasteiger partial charge in [0.1, 0.15) is 5.82 Å². The van der Waals surface area contributed by atoms with Gasteiger partial charge in [-0.3, -0.25) is 14.7 Å². The summed E-state index contributed by atoms with van der Waals surface area (Å²) in [7, 11) is 1.82. The molecular weight excluding hydrogens is 314 g/mol. The van der Waals surface area contributed by atoms with Gasteiger partial charge in [0.15, 0.2) is 0 Å². The second-order valence-electron chi connectivity index (χ2n) is 5.24. The molecule has 0 aliphatic heterocycles. The number of aliphatic imine (C=N–C) groups is 1. The van der Waals surface area contributed by atoms with E-state index in [1.54, 1.807) is 24.5 Å². The van der Waals surface area contributed by atoms with Crippen LogP contribution in [0.25, 0.3) is 0 Å². The number of nitrogens with two attached hydrogens (primary N) is 1. The van der Waals surface area contributed by atoms with E-state index in [2.05, 4.69) is 21.9 Å². The maximum atomic E-state index is 11.7. The van der Waals surface area contributed by atoms with Gasteiger partial charge in [0.25, 0.3) is 0 Å². The molecule has 6 nitrogen and oxygen atoms in total. The van der Waals surface area contributed by atoms with Crippen molar-refractivity contribution in [3.63, 3.8) is 0 Å². The summed E-state index contributed by atoms with van der Waals surface area (Å²) in [6.07, 6.45) is 7.07. The van der Waals surface area contributed by atoms with E-state index in [0.717, 1.165) is 16.8 Å². The molecule has 0 saturated carbocycles. The van der Waals surface area contributed by atoms with Gasteiger partial charge < -0.3 is 11.1 Å². The van der Waals surface area contributed by atoms with Gasteiger partial charge in [-0.05, 0) is 49.0 Å². The SMILES string of the molecule is C=C(/N=C(\C=C/N)c1cccnc1)N(C=O)c1cc(NC)ccc1C. The summed E-state index contributed by atoms with van der Waals surface area (Å²) in [5.74, 6) is 0.281. The predicted molar refractivity (Wildman–Crippen MR) is 103 cm³/mol. The second-order valence-corrected chi connectivity index (χ2v) is 5.24. The van der Waals surface area contributed by atoms with Crippen LogP contribution in [0.3, 0.4) is 0 Å². The predicted octanol–water partition coefficient (Wildman–Crippen LogP) is 2.83. The number of amides is 1. The molecule has 0 atom stereocenters. The molecule has 2 rings (SSSR count). The van der Waals surface area contributed by atoms with E-state index in [0.29, 0.717) is 17.8 Å². The molecule has 0 aliphatic carbocycles. The Hall–Kier alpha value is -3.41. The number of rotatable bonds is 7. The molecule has 1 heterocycles. The Kier molecular flexibility index (Phi) is 6.06. The maximum Gasteiger partial charge on any atom is 0.219 e. The number of benzene rings is 1. The molecule has 0 aliphatic rings. The lowest BCUT2D eigenvalue weighted by Crippen LogP contribution is -2.20. The van der Waals surface area contributed by atoms with Crippen LogP contribution in [-0.2, 0) is 4.79 Å². The Morgan fingerprint density at radius 3 is 2.80 bits per heavy atom. The summed E-state index contributed by atoms with van der Waals surface area (Å²) in [6.45, 7) is 5.86. The summed E-state index contributed by atoms with van der Waals surface area (Å²) in [5.41, 5.74) is 9.39. The summed E-state index contributed by atoms with van der Waals surface area (Å²) < 4.78 is 0. The zero-order valence-corrected chi connectivity index (χ0v) is 14.3. The normalized spacial score (nSPS) is 11.4. The molecule has 0 fully saturated rings. The largest absolute Gasteiger partial charge is 0.405 e. The first-order chi connectivity index (χ1) is 12.1. The van der Waals surface area contributed by atoms with Crippen LogP contribution >= 0.6 is 0 Å². The summed E-state index contributed by atoms with van der Waals surface area (Å²) >= 11 is 0. The molecule has 0 radical (unpaired) electrons. The minimum atomic E-state index is 0.281. The van der Waals surface area contributed by atoms with Crippen molar-refractivity contribution in [2.24, 2.45) is 10.7 Å². The van der Waals surface area contributed by atoms with Crippen molar-refractivity contribution in [3.05, 3.63) is 78.5 Å². The van der Waals surface area contributed by atoms with Crippen molar-refractivity contribution >= 4 is 23.5 Å². The zero-order valence-electron chi connectivity index (χ0n) is 14.3. The van der Waals surface area contributed by atoms with Crippen LogP contribution in [0.1, 0.15) is 11.1 Å². The average Bonchev–Trinajstić information content (AvgIpc) is 2.64. The van der Waals surface area contributed by atoms with Crippen LogP contribution in [0.2, 0.25) is 0 Å². The smallest absolute Gasteiger partial charge is 0.219 e. The highest BCUT2D eigenvalue weighted by atomic mass is 16.1. The number of hydrogen-bond acceptors (Lipinski definition) is 5. The molecule has 2 aromatic rings. The number of nitrogens with one attached hydrogen (secondary N) is 1. The molecular formula is C19H21N5O.